The summed E-state index contributed by atoms with van der Waals surface area (Å²) in [6, 6.07) is 2.15. The Morgan fingerprint density at radius 1 is 1.43 bits per heavy atom. The van der Waals surface area contributed by atoms with Crippen molar-refractivity contribution in [2.24, 2.45) is 5.92 Å². The zero-order valence-electron chi connectivity index (χ0n) is 7.70. The van der Waals surface area contributed by atoms with E-state index in [4.69, 9.17) is 0 Å². The summed E-state index contributed by atoms with van der Waals surface area (Å²) in [4.78, 5) is 3.86. The molecular weight excluding hydrogens is 179 g/mol. The number of nitrogens with zero attached hydrogens (tertiary/aromatic N) is 1. The van der Waals surface area contributed by atoms with Gasteiger partial charge in [0.25, 0.3) is 0 Å². The molecular formula is C11H11FN2. The molecule has 0 amide bonds. The molecule has 2 heterocycles. The van der Waals surface area contributed by atoms with Gasteiger partial charge in [0.05, 0.1) is 6.20 Å². The molecule has 0 radical (unpaired) electrons. The van der Waals surface area contributed by atoms with Gasteiger partial charge in [-0.05, 0) is 23.6 Å². The highest BCUT2D eigenvalue weighted by Gasteiger charge is 2.34. The number of halogens is 1. The number of aromatic nitrogens is 1. The maximum atomic E-state index is 12.9. The average molecular weight is 190 g/mol. The van der Waals surface area contributed by atoms with Crippen LogP contribution in [-0.2, 0) is 0 Å². The third kappa shape index (κ3) is 1.16. The van der Waals surface area contributed by atoms with Crippen LogP contribution >= 0.6 is 0 Å². The van der Waals surface area contributed by atoms with E-state index in [2.05, 4.69) is 16.4 Å². The maximum Gasteiger partial charge on any atom is 0.142 e. The lowest BCUT2D eigenvalue weighted by atomic mass is 9.95. The van der Waals surface area contributed by atoms with Crippen LogP contribution in [0.2, 0.25) is 0 Å². The number of fused-ring (bicyclic) bond motifs is 1. The minimum atomic E-state index is -0.254. The van der Waals surface area contributed by atoms with Gasteiger partial charge in [-0.25, -0.2) is 4.39 Å². The fourth-order valence-corrected chi connectivity index (χ4v) is 2.18. The summed E-state index contributed by atoms with van der Waals surface area (Å²) in [7, 11) is 0. The minimum Gasteiger partial charge on any atom is -0.312 e. The zero-order chi connectivity index (χ0) is 9.54. The molecule has 72 valence electrons. The van der Waals surface area contributed by atoms with Gasteiger partial charge in [-0.3, -0.25) is 4.98 Å². The minimum absolute atomic E-state index is 0.254. The van der Waals surface area contributed by atoms with E-state index in [1.165, 1.54) is 11.8 Å². The lowest BCUT2D eigenvalue weighted by molar-refractivity contribution is 0.306. The van der Waals surface area contributed by atoms with E-state index in [1.54, 1.807) is 12.3 Å². The molecule has 2 nitrogen and oxygen atoms in total. The lowest BCUT2D eigenvalue weighted by Crippen LogP contribution is -2.49. The van der Waals surface area contributed by atoms with E-state index in [1.807, 2.05) is 0 Å². The van der Waals surface area contributed by atoms with Gasteiger partial charge in [0, 0.05) is 24.7 Å². The number of nitrogens with one attached hydrogen (secondary N) is 1. The average Bonchev–Trinajstić information content (AvgIpc) is 2.43. The first kappa shape index (κ1) is 8.12. The van der Waals surface area contributed by atoms with Crippen LogP contribution < -0.4 is 5.32 Å². The molecule has 2 aliphatic rings. The van der Waals surface area contributed by atoms with Gasteiger partial charge in [0.2, 0.25) is 0 Å². The van der Waals surface area contributed by atoms with E-state index in [-0.39, 0.29) is 5.82 Å². The summed E-state index contributed by atoms with van der Waals surface area (Å²) >= 11 is 0. The van der Waals surface area contributed by atoms with Crippen molar-refractivity contribution in [1.82, 2.24) is 10.3 Å². The molecule has 3 heteroatoms. The summed E-state index contributed by atoms with van der Waals surface area (Å²) in [5.74, 6) is 0.406. The van der Waals surface area contributed by atoms with Crippen molar-refractivity contribution in [3.05, 3.63) is 35.9 Å². The predicted molar refractivity (Wildman–Crippen MR) is 52.1 cm³/mol. The molecule has 0 aromatic carbocycles. The van der Waals surface area contributed by atoms with Crippen LogP contribution in [0.1, 0.15) is 12.0 Å². The molecule has 2 atom stereocenters. The van der Waals surface area contributed by atoms with Gasteiger partial charge in [0.15, 0.2) is 0 Å². The molecule has 0 bridgehead atoms. The third-order valence-electron chi connectivity index (χ3n) is 3.06. The van der Waals surface area contributed by atoms with Crippen LogP contribution in [0, 0.1) is 11.7 Å². The summed E-state index contributed by atoms with van der Waals surface area (Å²) in [6.07, 6.45) is 6.24. The van der Waals surface area contributed by atoms with E-state index in [9.17, 15) is 4.39 Å². The molecule has 14 heavy (non-hydrogen) atoms. The molecule has 0 saturated carbocycles. The maximum absolute atomic E-state index is 12.9. The molecule has 1 fully saturated rings. The van der Waals surface area contributed by atoms with Crippen molar-refractivity contribution in [2.75, 3.05) is 6.54 Å². The Hall–Kier alpha value is -1.22. The smallest absolute Gasteiger partial charge is 0.142 e. The van der Waals surface area contributed by atoms with Crippen molar-refractivity contribution < 1.29 is 4.39 Å². The summed E-state index contributed by atoms with van der Waals surface area (Å²) in [5.41, 5.74) is 2.17. The van der Waals surface area contributed by atoms with Crippen molar-refractivity contribution in [2.45, 2.75) is 12.5 Å². The second kappa shape index (κ2) is 2.89. The Kier molecular flexibility index (Phi) is 1.67. The summed E-state index contributed by atoms with van der Waals surface area (Å²) < 4.78 is 12.9. The first-order chi connectivity index (χ1) is 6.83. The van der Waals surface area contributed by atoms with Crippen LogP contribution in [0.4, 0.5) is 4.39 Å². The summed E-state index contributed by atoms with van der Waals surface area (Å²) in [5, 5.41) is 3.36. The van der Waals surface area contributed by atoms with Crippen LogP contribution in [0.5, 0.6) is 0 Å². The molecule has 1 saturated heterocycles. The molecule has 3 rings (SSSR count). The van der Waals surface area contributed by atoms with E-state index in [0.29, 0.717) is 12.0 Å². The highest BCUT2D eigenvalue weighted by molar-refractivity contribution is 5.68. The number of hydrogen-bond acceptors (Lipinski definition) is 2. The predicted octanol–water partition coefficient (Wildman–Crippen LogP) is 1.60. The number of hydrogen-bond donors (Lipinski definition) is 1. The normalized spacial score (nSPS) is 29.4. The van der Waals surface area contributed by atoms with E-state index in [0.717, 1.165) is 18.5 Å². The quantitative estimate of drug-likeness (QED) is 0.727. The Balaban J connectivity index is 1.92. The molecule has 1 aliphatic heterocycles. The largest absolute Gasteiger partial charge is 0.312 e. The Morgan fingerprint density at radius 3 is 2.93 bits per heavy atom. The highest BCUT2D eigenvalue weighted by atomic mass is 19.1. The van der Waals surface area contributed by atoms with Gasteiger partial charge >= 0.3 is 0 Å². The van der Waals surface area contributed by atoms with Crippen LogP contribution in [0.3, 0.4) is 0 Å². The molecule has 0 spiro atoms. The Morgan fingerprint density at radius 2 is 2.36 bits per heavy atom. The van der Waals surface area contributed by atoms with E-state index < -0.39 is 0 Å². The molecule has 1 aromatic rings. The second-order valence-corrected chi connectivity index (χ2v) is 3.97. The van der Waals surface area contributed by atoms with Crippen molar-refractivity contribution in [1.29, 1.82) is 0 Å². The second-order valence-electron chi connectivity index (χ2n) is 3.97. The van der Waals surface area contributed by atoms with Crippen LogP contribution in [0.15, 0.2) is 24.5 Å². The molecule has 2 unspecified atom stereocenters. The Labute approximate surface area is 81.9 Å². The Bertz CT molecular complexity index is 400. The van der Waals surface area contributed by atoms with Crippen molar-refractivity contribution >= 4 is 5.57 Å². The van der Waals surface area contributed by atoms with Crippen LogP contribution in [-0.4, -0.2) is 17.6 Å². The number of rotatable bonds is 1. The SMILES string of the molecule is Fc1cncc(C2=CC3CNC3C2)c1. The third-order valence-corrected chi connectivity index (χ3v) is 3.06. The van der Waals surface area contributed by atoms with Gasteiger partial charge < -0.3 is 5.32 Å². The van der Waals surface area contributed by atoms with Crippen LogP contribution in [0.25, 0.3) is 5.57 Å². The highest BCUT2D eigenvalue weighted by Crippen LogP contribution is 2.35. The first-order valence-corrected chi connectivity index (χ1v) is 4.88. The molecule has 1 aromatic heterocycles. The van der Waals surface area contributed by atoms with Crippen molar-refractivity contribution in [3.8, 4) is 0 Å². The monoisotopic (exact) mass is 190 g/mol. The van der Waals surface area contributed by atoms with Gasteiger partial charge in [-0.2, -0.15) is 0 Å². The van der Waals surface area contributed by atoms with Gasteiger partial charge in [0.1, 0.15) is 5.82 Å². The van der Waals surface area contributed by atoms with Gasteiger partial charge in [-0.1, -0.05) is 6.08 Å². The standard InChI is InChI=1S/C11H11FN2/c12-10-2-8(4-13-6-10)7-1-9-5-14-11(9)3-7/h1-2,4,6,9,11,14H,3,5H2. The fourth-order valence-electron chi connectivity index (χ4n) is 2.18. The molecule has 1 N–H and O–H groups in total. The first-order valence-electron chi connectivity index (χ1n) is 4.88. The topological polar surface area (TPSA) is 24.9 Å². The zero-order valence-corrected chi connectivity index (χ0v) is 7.70. The van der Waals surface area contributed by atoms with Crippen molar-refractivity contribution in [3.63, 3.8) is 0 Å². The molecule has 1 aliphatic carbocycles. The fraction of sp³-hybridized carbons (Fsp3) is 0.364. The van der Waals surface area contributed by atoms with Gasteiger partial charge in [-0.15, -0.1) is 0 Å². The number of pyridine rings is 1. The summed E-state index contributed by atoms with van der Waals surface area (Å²) in [6.45, 7) is 1.07. The van der Waals surface area contributed by atoms with E-state index >= 15 is 0 Å². The lowest BCUT2D eigenvalue weighted by Gasteiger charge is -2.31.